The van der Waals surface area contributed by atoms with Crippen LogP contribution < -0.4 is 5.32 Å². The molecule has 1 N–H and O–H groups in total. The van der Waals surface area contributed by atoms with Crippen molar-refractivity contribution in [3.8, 4) is 0 Å². The molecule has 1 rings (SSSR count). The van der Waals surface area contributed by atoms with Crippen molar-refractivity contribution in [2.24, 2.45) is 5.92 Å². The summed E-state index contributed by atoms with van der Waals surface area (Å²) in [6, 6.07) is 0. The van der Waals surface area contributed by atoms with Crippen LogP contribution in [0.25, 0.3) is 0 Å². The van der Waals surface area contributed by atoms with Crippen LogP contribution in [0.2, 0.25) is 0 Å². The molecule has 1 fully saturated rings. The van der Waals surface area contributed by atoms with Gasteiger partial charge < -0.3 is 5.32 Å². The first-order valence-electron chi connectivity index (χ1n) is 4.08. The summed E-state index contributed by atoms with van der Waals surface area (Å²) in [6.45, 7) is 5.44. The molecule has 2 heteroatoms. The van der Waals surface area contributed by atoms with Crippen molar-refractivity contribution in [1.29, 1.82) is 0 Å². The van der Waals surface area contributed by atoms with Crippen molar-refractivity contribution >= 4 is 0 Å². The fraction of sp³-hybridized carbons (Fsp3) is 1.00. The summed E-state index contributed by atoms with van der Waals surface area (Å²) < 4.78 is 13.6. The molecule has 10 heavy (non-hydrogen) atoms. The van der Waals surface area contributed by atoms with Gasteiger partial charge in [0, 0.05) is 6.54 Å². The van der Waals surface area contributed by atoms with Crippen LogP contribution in [-0.2, 0) is 0 Å². The van der Waals surface area contributed by atoms with Gasteiger partial charge in [-0.05, 0) is 18.9 Å². The molecule has 0 aliphatic carbocycles. The average molecular weight is 145 g/mol. The van der Waals surface area contributed by atoms with Crippen molar-refractivity contribution < 1.29 is 4.39 Å². The highest BCUT2D eigenvalue weighted by Gasteiger charge is 2.37. The second-order valence-corrected chi connectivity index (χ2v) is 3.27. The fourth-order valence-electron chi connectivity index (χ4n) is 1.47. The minimum atomic E-state index is -0.908. The van der Waals surface area contributed by atoms with Crippen LogP contribution in [0.3, 0.4) is 0 Å². The molecular formula is C8H16FN. The van der Waals surface area contributed by atoms with Gasteiger partial charge in [-0.25, -0.2) is 4.39 Å². The van der Waals surface area contributed by atoms with Gasteiger partial charge in [-0.2, -0.15) is 0 Å². The van der Waals surface area contributed by atoms with E-state index in [1.165, 1.54) is 0 Å². The highest BCUT2D eigenvalue weighted by Crippen LogP contribution is 2.30. The van der Waals surface area contributed by atoms with Gasteiger partial charge in [0.25, 0.3) is 0 Å². The highest BCUT2D eigenvalue weighted by atomic mass is 19.1. The number of rotatable bonds is 2. The third-order valence-corrected chi connectivity index (χ3v) is 2.63. The Balaban J connectivity index is 2.49. The SMILES string of the molecule is CCC(C)C1(F)CCNC1. The van der Waals surface area contributed by atoms with Crippen molar-refractivity contribution in [3.05, 3.63) is 0 Å². The zero-order valence-corrected chi connectivity index (χ0v) is 6.78. The molecule has 0 amide bonds. The predicted molar refractivity (Wildman–Crippen MR) is 40.8 cm³/mol. The molecular weight excluding hydrogens is 129 g/mol. The number of halogens is 1. The first-order valence-corrected chi connectivity index (χ1v) is 4.08. The molecule has 0 saturated carbocycles. The molecule has 1 aliphatic rings. The monoisotopic (exact) mass is 145 g/mol. The molecule has 0 aromatic heterocycles. The molecule has 1 saturated heterocycles. The van der Waals surface area contributed by atoms with Crippen LogP contribution in [0.15, 0.2) is 0 Å². The van der Waals surface area contributed by atoms with Gasteiger partial charge in [0.2, 0.25) is 0 Å². The molecule has 0 radical (unpaired) electrons. The summed E-state index contributed by atoms with van der Waals surface area (Å²) in [5, 5.41) is 3.05. The van der Waals surface area contributed by atoms with Gasteiger partial charge >= 0.3 is 0 Å². The van der Waals surface area contributed by atoms with Gasteiger partial charge in [0.05, 0.1) is 0 Å². The summed E-state index contributed by atoms with van der Waals surface area (Å²) >= 11 is 0. The van der Waals surface area contributed by atoms with E-state index in [-0.39, 0.29) is 5.92 Å². The van der Waals surface area contributed by atoms with E-state index in [1.54, 1.807) is 0 Å². The quantitative estimate of drug-likeness (QED) is 0.624. The van der Waals surface area contributed by atoms with E-state index >= 15 is 0 Å². The molecule has 0 aromatic carbocycles. The first kappa shape index (κ1) is 7.99. The Morgan fingerprint density at radius 2 is 2.40 bits per heavy atom. The standard InChI is InChI=1S/C8H16FN/c1-3-7(2)8(9)4-5-10-6-8/h7,10H,3-6H2,1-2H3. The third-order valence-electron chi connectivity index (χ3n) is 2.63. The Labute approximate surface area is 62.0 Å². The lowest BCUT2D eigenvalue weighted by Crippen LogP contribution is -2.33. The highest BCUT2D eigenvalue weighted by molar-refractivity contribution is 4.91. The summed E-state index contributed by atoms with van der Waals surface area (Å²) in [6.07, 6.45) is 1.64. The van der Waals surface area contributed by atoms with Gasteiger partial charge in [0.15, 0.2) is 0 Å². The summed E-state index contributed by atoms with van der Waals surface area (Å²) in [5.41, 5.74) is -0.908. The Hall–Kier alpha value is -0.110. The molecule has 2 atom stereocenters. The molecule has 0 spiro atoms. The Morgan fingerprint density at radius 1 is 1.70 bits per heavy atom. The maximum Gasteiger partial charge on any atom is 0.127 e. The van der Waals surface area contributed by atoms with E-state index in [1.807, 2.05) is 13.8 Å². The predicted octanol–water partition coefficient (Wildman–Crippen LogP) is 1.73. The smallest absolute Gasteiger partial charge is 0.127 e. The first-order chi connectivity index (χ1) is 4.69. The topological polar surface area (TPSA) is 12.0 Å². The second-order valence-electron chi connectivity index (χ2n) is 3.27. The molecule has 0 bridgehead atoms. The van der Waals surface area contributed by atoms with Gasteiger partial charge in [-0.1, -0.05) is 20.3 Å². The number of alkyl halides is 1. The van der Waals surface area contributed by atoms with Crippen molar-refractivity contribution in [2.75, 3.05) is 13.1 Å². The fourth-order valence-corrected chi connectivity index (χ4v) is 1.47. The lowest BCUT2D eigenvalue weighted by atomic mass is 9.88. The molecule has 1 heterocycles. The second kappa shape index (κ2) is 2.87. The number of hydrogen-bond acceptors (Lipinski definition) is 1. The summed E-state index contributed by atoms with van der Waals surface area (Å²) in [5.74, 6) is 0.211. The van der Waals surface area contributed by atoms with Crippen LogP contribution in [0, 0.1) is 5.92 Å². The Bertz CT molecular complexity index is 108. The normalized spacial score (nSPS) is 36.3. The maximum absolute atomic E-state index is 13.6. The van der Waals surface area contributed by atoms with E-state index in [4.69, 9.17) is 0 Å². The summed E-state index contributed by atoms with van der Waals surface area (Å²) in [7, 11) is 0. The lowest BCUT2D eigenvalue weighted by molar-refractivity contribution is 0.111. The van der Waals surface area contributed by atoms with Crippen LogP contribution in [0.1, 0.15) is 26.7 Å². The largest absolute Gasteiger partial charge is 0.313 e. The molecule has 60 valence electrons. The van der Waals surface area contributed by atoms with E-state index in [9.17, 15) is 4.39 Å². The van der Waals surface area contributed by atoms with Gasteiger partial charge in [0.1, 0.15) is 5.67 Å². The molecule has 2 unspecified atom stereocenters. The maximum atomic E-state index is 13.6. The van der Waals surface area contributed by atoms with Crippen LogP contribution in [0.5, 0.6) is 0 Å². The van der Waals surface area contributed by atoms with Crippen LogP contribution in [0.4, 0.5) is 4.39 Å². The zero-order valence-electron chi connectivity index (χ0n) is 6.78. The van der Waals surface area contributed by atoms with E-state index in [0.29, 0.717) is 13.0 Å². The van der Waals surface area contributed by atoms with E-state index in [2.05, 4.69) is 5.32 Å². The summed E-state index contributed by atoms with van der Waals surface area (Å²) in [4.78, 5) is 0. The average Bonchev–Trinajstić information content (AvgIpc) is 2.36. The zero-order chi connectivity index (χ0) is 7.61. The van der Waals surface area contributed by atoms with Crippen LogP contribution >= 0.6 is 0 Å². The minimum absolute atomic E-state index is 0.211. The minimum Gasteiger partial charge on any atom is -0.313 e. The van der Waals surface area contributed by atoms with Crippen molar-refractivity contribution in [2.45, 2.75) is 32.4 Å². The van der Waals surface area contributed by atoms with Gasteiger partial charge in [-0.3, -0.25) is 0 Å². The van der Waals surface area contributed by atoms with E-state index < -0.39 is 5.67 Å². The lowest BCUT2D eigenvalue weighted by Gasteiger charge is -2.24. The third kappa shape index (κ3) is 1.31. The molecule has 0 aromatic rings. The van der Waals surface area contributed by atoms with Crippen molar-refractivity contribution in [1.82, 2.24) is 5.32 Å². The number of hydrogen-bond donors (Lipinski definition) is 1. The molecule has 1 aliphatic heterocycles. The molecule has 1 nitrogen and oxygen atoms in total. The van der Waals surface area contributed by atoms with Crippen LogP contribution in [-0.4, -0.2) is 18.8 Å². The van der Waals surface area contributed by atoms with E-state index in [0.717, 1.165) is 13.0 Å². The Morgan fingerprint density at radius 3 is 2.80 bits per heavy atom. The van der Waals surface area contributed by atoms with Crippen molar-refractivity contribution in [3.63, 3.8) is 0 Å². The van der Waals surface area contributed by atoms with Gasteiger partial charge in [-0.15, -0.1) is 0 Å². The number of nitrogens with one attached hydrogen (secondary N) is 1. The Kier molecular flexibility index (Phi) is 2.29.